The highest BCUT2D eigenvalue weighted by molar-refractivity contribution is 7.89. The highest BCUT2D eigenvalue weighted by Gasteiger charge is 2.38. The Hall–Kier alpha value is -2.69. The van der Waals surface area contributed by atoms with Crippen LogP contribution in [0.5, 0.6) is 0 Å². The molecule has 1 saturated heterocycles. The molecule has 1 atom stereocenters. The molecule has 3 rings (SSSR count). The van der Waals surface area contributed by atoms with Gasteiger partial charge >= 0.3 is 11.8 Å². The highest BCUT2D eigenvalue weighted by atomic mass is 32.2. The topological polar surface area (TPSA) is 118 Å². The first-order valence-corrected chi connectivity index (χ1v) is 10.9. The maximum absolute atomic E-state index is 13.3. The molecule has 1 aliphatic heterocycles. The molecule has 1 fully saturated rings. The predicted molar refractivity (Wildman–Crippen MR) is 108 cm³/mol. The molecule has 0 aliphatic carbocycles. The van der Waals surface area contributed by atoms with Crippen molar-refractivity contribution >= 4 is 21.8 Å². The van der Waals surface area contributed by atoms with Gasteiger partial charge in [-0.15, -0.1) is 0 Å². The third kappa shape index (κ3) is 4.72. The lowest BCUT2D eigenvalue weighted by Crippen LogP contribution is -2.47. The number of furan rings is 1. The largest absolute Gasteiger partial charge is 0.467 e. The number of sulfonamides is 1. The van der Waals surface area contributed by atoms with Crippen molar-refractivity contribution in [1.29, 1.82) is 0 Å². The minimum Gasteiger partial charge on any atom is -0.467 e. The van der Waals surface area contributed by atoms with E-state index in [1.165, 1.54) is 10.6 Å². The molecular formula is C20H25N3O6S. The molecule has 1 aliphatic rings. The molecule has 0 spiro atoms. The minimum atomic E-state index is -3.83. The van der Waals surface area contributed by atoms with Gasteiger partial charge in [0, 0.05) is 6.54 Å². The molecule has 1 aromatic carbocycles. The Kier molecular flexibility index (Phi) is 6.59. The molecule has 2 N–H and O–H groups in total. The molecule has 2 aromatic rings. The highest BCUT2D eigenvalue weighted by Crippen LogP contribution is 2.28. The summed E-state index contributed by atoms with van der Waals surface area (Å²) in [5.74, 6) is -1.21. The van der Waals surface area contributed by atoms with Crippen molar-refractivity contribution in [2.75, 3.05) is 19.7 Å². The van der Waals surface area contributed by atoms with Gasteiger partial charge in [-0.05, 0) is 44.0 Å². The van der Waals surface area contributed by atoms with E-state index in [0.29, 0.717) is 16.9 Å². The van der Waals surface area contributed by atoms with Gasteiger partial charge in [-0.1, -0.05) is 17.7 Å². The number of amides is 2. The van der Waals surface area contributed by atoms with Gasteiger partial charge in [0.05, 0.1) is 30.9 Å². The number of hydrogen-bond acceptors (Lipinski definition) is 6. The number of ether oxygens (including phenoxy) is 1. The number of benzene rings is 1. The van der Waals surface area contributed by atoms with Crippen LogP contribution in [0.2, 0.25) is 0 Å². The van der Waals surface area contributed by atoms with Gasteiger partial charge in [0.25, 0.3) is 0 Å². The molecule has 1 aromatic heterocycles. The lowest BCUT2D eigenvalue weighted by molar-refractivity contribution is -0.139. The van der Waals surface area contributed by atoms with Crippen LogP contribution in [0, 0.1) is 20.8 Å². The van der Waals surface area contributed by atoms with Crippen molar-refractivity contribution in [2.45, 2.75) is 38.4 Å². The van der Waals surface area contributed by atoms with E-state index < -0.39 is 28.1 Å². The molecule has 2 heterocycles. The van der Waals surface area contributed by atoms with Crippen LogP contribution < -0.4 is 10.6 Å². The molecule has 0 bridgehead atoms. The standard InChI is InChI=1S/C20H25N3O6S/c1-13-9-14(2)18(15(3)10-13)30(26,27)23-6-8-29-17(23)12-22-20(25)19(24)21-11-16-5-4-7-28-16/h4-5,7,9-10,17H,6,8,11-12H2,1-3H3,(H,21,24)(H,22,25). The van der Waals surface area contributed by atoms with Crippen molar-refractivity contribution in [3.8, 4) is 0 Å². The van der Waals surface area contributed by atoms with E-state index in [1.807, 2.05) is 19.1 Å². The summed E-state index contributed by atoms with van der Waals surface area (Å²) in [6.45, 7) is 5.72. The van der Waals surface area contributed by atoms with Crippen molar-refractivity contribution in [1.82, 2.24) is 14.9 Å². The van der Waals surface area contributed by atoms with Crippen LogP contribution in [0.4, 0.5) is 0 Å². The number of carbonyl (C=O) groups is 2. The zero-order valence-electron chi connectivity index (χ0n) is 17.1. The van der Waals surface area contributed by atoms with Crippen LogP contribution in [-0.4, -0.2) is 50.5 Å². The van der Waals surface area contributed by atoms with E-state index in [0.717, 1.165) is 5.56 Å². The van der Waals surface area contributed by atoms with E-state index >= 15 is 0 Å². The van der Waals surface area contributed by atoms with E-state index in [1.54, 1.807) is 26.0 Å². The van der Waals surface area contributed by atoms with Crippen LogP contribution >= 0.6 is 0 Å². The number of rotatable bonds is 6. The van der Waals surface area contributed by atoms with Gasteiger partial charge < -0.3 is 19.8 Å². The number of carbonyl (C=O) groups excluding carboxylic acids is 2. The number of hydrogen-bond donors (Lipinski definition) is 2. The van der Waals surface area contributed by atoms with Gasteiger partial charge in [-0.3, -0.25) is 9.59 Å². The molecule has 0 saturated carbocycles. The zero-order valence-corrected chi connectivity index (χ0v) is 17.9. The Balaban J connectivity index is 1.64. The summed E-state index contributed by atoms with van der Waals surface area (Å²) in [6.07, 6.45) is 0.572. The zero-order chi connectivity index (χ0) is 21.9. The first-order chi connectivity index (χ1) is 14.2. The first kappa shape index (κ1) is 22.0. The normalized spacial score (nSPS) is 17.1. The van der Waals surface area contributed by atoms with Crippen molar-refractivity contribution in [3.05, 3.63) is 53.0 Å². The molecule has 1 unspecified atom stereocenters. The summed E-state index contributed by atoms with van der Waals surface area (Å²) in [4.78, 5) is 24.2. The Labute approximate surface area is 175 Å². The Bertz CT molecular complexity index is 1010. The first-order valence-electron chi connectivity index (χ1n) is 9.50. The summed E-state index contributed by atoms with van der Waals surface area (Å²) in [7, 11) is -3.83. The van der Waals surface area contributed by atoms with E-state index in [4.69, 9.17) is 9.15 Å². The van der Waals surface area contributed by atoms with Crippen LogP contribution in [0.1, 0.15) is 22.5 Å². The van der Waals surface area contributed by atoms with Crippen LogP contribution in [0.3, 0.4) is 0 Å². The van der Waals surface area contributed by atoms with E-state index in [2.05, 4.69) is 10.6 Å². The summed E-state index contributed by atoms with van der Waals surface area (Å²) in [5.41, 5.74) is 2.28. The third-order valence-corrected chi connectivity index (χ3v) is 6.96. The maximum atomic E-state index is 13.3. The van der Waals surface area contributed by atoms with Gasteiger partial charge in [-0.2, -0.15) is 4.31 Å². The van der Waals surface area contributed by atoms with Crippen molar-refractivity contribution in [3.63, 3.8) is 0 Å². The quantitative estimate of drug-likeness (QED) is 0.653. The van der Waals surface area contributed by atoms with E-state index in [-0.39, 0.29) is 31.1 Å². The molecule has 0 radical (unpaired) electrons. The van der Waals surface area contributed by atoms with Gasteiger partial charge in [0.2, 0.25) is 10.0 Å². The summed E-state index contributed by atoms with van der Waals surface area (Å²) < 4.78 is 38.3. The lowest BCUT2D eigenvalue weighted by atomic mass is 10.1. The smallest absolute Gasteiger partial charge is 0.309 e. The fraction of sp³-hybridized carbons (Fsp3) is 0.400. The summed E-state index contributed by atoms with van der Waals surface area (Å²) >= 11 is 0. The molecule has 162 valence electrons. The molecule has 30 heavy (non-hydrogen) atoms. The predicted octanol–water partition coefficient (Wildman–Crippen LogP) is 0.984. The minimum absolute atomic E-state index is 0.0751. The monoisotopic (exact) mass is 435 g/mol. The van der Waals surface area contributed by atoms with Gasteiger partial charge in [0.15, 0.2) is 0 Å². The number of aryl methyl sites for hydroxylation is 3. The van der Waals surface area contributed by atoms with Crippen LogP contribution in [-0.2, 0) is 30.9 Å². The van der Waals surface area contributed by atoms with Crippen LogP contribution in [0.15, 0.2) is 39.8 Å². The average molecular weight is 436 g/mol. The Morgan fingerprint density at radius 1 is 1.13 bits per heavy atom. The fourth-order valence-electron chi connectivity index (χ4n) is 3.55. The third-order valence-electron chi connectivity index (χ3n) is 4.76. The second-order valence-electron chi connectivity index (χ2n) is 7.14. The van der Waals surface area contributed by atoms with Crippen molar-refractivity contribution < 1.29 is 27.2 Å². The summed E-state index contributed by atoms with van der Waals surface area (Å²) in [5, 5.41) is 4.86. The van der Waals surface area contributed by atoms with E-state index in [9.17, 15) is 18.0 Å². The number of nitrogens with one attached hydrogen (secondary N) is 2. The van der Waals surface area contributed by atoms with Gasteiger partial charge in [-0.25, -0.2) is 8.42 Å². The molecule has 10 heteroatoms. The average Bonchev–Trinajstić information content (AvgIpc) is 3.34. The SMILES string of the molecule is Cc1cc(C)c(S(=O)(=O)N2CCOC2CNC(=O)C(=O)NCc2ccco2)c(C)c1. The molecule has 2 amide bonds. The number of nitrogens with zero attached hydrogens (tertiary/aromatic N) is 1. The van der Waals surface area contributed by atoms with Gasteiger partial charge in [0.1, 0.15) is 12.0 Å². The molecular weight excluding hydrogens is 410 g/mol. The second kappa shape index (κ2) is 8.99. The fourth-order valence-corrected chi connectivity index (χ4v) is 5.48. The van der Waals surface area contributed by atoms with Crippen LogP contribution in [0.25, 0.3) is 0 Å². The summed E-state index contributed by atoms with van der Waals surface area (Å²) in [6, 6.07) is 6.97. The Morgan fingerprint density at radius 2 is 1.80 bits per heavy atom. The lowest BCUT2D eigenvalue weighted by Gasteiger charge is -2.24. The Morgan fingerprint density at radius 3 is 2.43 bits per heavy atom. The molecule has 9 nitrogen and oxygen atoms in total. The second-order valence-corrected chi connectivity index (χ2v) is 8.97. The maximum Gasteiger partial charge on any atom is 0.309 e. The van der Waals surface area contributed by atoms with Crippen molar-refractivity contribution in [2.24, 2.45) is 0 Å².